The Morgan fingerprint density at radius 2 is 1.56 bits per heavy atom. The van der Waals surface area contributed by atoms with Gasteiger partial charge in [0.05, 0.1) is 0 Å². The van der Waals surface area contributed by atoms with Crippen molar-refractivity contribution in [2.45, 2.75) is 17.6 Å². The first kappa shape index (κ1) is 17.5. The zero-order chi connectivity index (χ0) is 17.9. The molecule has 1 heterocycles. The number of hydrogen-bond donors (Lipinski definition) is 1. The van der Waals surface area contributed by atoms with Gasteiger partial charge < -0.3 is 4.90 Å². The number of para-hydroxylation sites is 1. The Hall–Kier alpha value is -2.31. The van der Waals surface area contributed by atoms with Crippen molar-refractivity contribution >= 4 is 38.4 Å². The van der Waals surface area contributed by atoms with E-state index in [2.05, 4.69) is 4.72 Å². The number of rotatable bonds is 6. The minimum absolute atomic E-state index is 0.342. The van der Waals surface area contributed by atoms with Gasteiger partial charge in [0.25, 0.3) is 10.0 Å². The van der Waals surface area contributed by atoms with E-state index in [1.54, 1.807) is 18.2 Å². The Balaban J connectivity index is 1.76. The Labute approximate surface area is 152 Å². The standard InChI is InChI=1S/C19H20N2O2S2/c1-3-18-13-14-19(24-18)25(22,23)20-15-9-11-17(12-10-15)21(2)16-7-5-4-6-8-16/h4-14,20H,3H2,1-2H3. The molecular formula is C19H20N2O2S2. The third-order valence-electron chi connectivity index (χ3n) is 3.90. The molecule has 3 aromatic rings. The normalized spacial score (nSPS) is 11.3. The molecule has 1 aromatic heterocycles. The van der Waals surface area contributed by atoms with Crippen molar-refractivity contribution in [2.75, 3.05) is 16.7 Å². The molecule has 25 heavy (non-hydrogen) atoms. The lowest BCUT2D eigenvalue weighted by molar-refractivity contribution is 0.603. The summed E-state index contributed by atoms with van der Waals surface area (Å²) in [6, 6.07) is 20.9. The lowest BCUT2D eigenvalue weighted by Gasteiger charge is -2.19. The molecule has 0 aliphatic carbocycles. The molecule has 3 rings (SSSR count). The fourth-order valence-electron chi connectivity index (χ4n) is 2.45. The third-order valence-corrected chi connectivity index (χ3v) is 7.00. The summed E-state index contributed by atoms with van der Waals surface area (Å²) in [5, 5.41) is 0. The summed E-state index contributed by atoms with van der Waals surface area (Å²) in [5.41, 5.74) is 2.61. The van der Waals surface area contributed by atoms with Crippen molar-refractivity contribution in [1.82, 2.24) is 0 Å². The molecule has 0 aliphatic rings. The van der Waals surface area contributed by atoms with Crippen LogP contribution in [0.5, 0.6) is 0 Å². The van der Waals surface area contributed by atoms with Crippen LogP contribution in [0.4, 0.5) is 17.1 Å². The van der Waals surface area contributed by atoms with Gasteiger partial charge in [0.15, 0.2) is 0 Å². The molecule has 1 N–H and O–H groups in total. The number of hydrogen-bond acceptors (Lipinski definition) is 4. The average molecular weight is 373 g/mol. The maximum Gasteiger partial charge on any atom is 0.271 e. The highest BCUT2D eigenvalue weighted by Crippen LogP contribution is 2.27. The summed E-state index contributed by atoms with van der Waals surface area (Å²) in [6.45, 7) is 2.01. The van der Waals surface area contributed by atoms with Crippen LogP contribution in [0.1, 0.15) is 11.8 Å². The van der Waals surface area contributed by atoms with Gasteiger partial charge in [-0.25, -0.2) is 8.42 Å². The van der Waals surface area contributed by atoms with Gasteiger partial charge in [-0.05, 0) is 55.0 Å². The number of thiophene rings is 1. The number of anilines is 3. The molecule has 6 heteroatoms. The topological polar surface area (TPSA) is 49.4 Å². The van der Waals surface area contributed by atoms with Gasteiger partial charge in [0.2, 0.25) is 0 Å². The summed E-state index contributed by atoms with van der Waals surface area (Å²) < 4.78 is 27.9. The lowest BCUT2D eigenvalue weighted by Crippen LogP contribution is -2.12. The van der Waals surface area contributed by atoms with Crippen molar-refractivity contribution in [3.63, 3.8) is 0 Å². The zero-order valence-electron chi connectivity index (χ0n) is 14.1. The summed E-state index contributed by atoms with van der Waals surface area (Å²) >= 11 is 1.31. The van der Waals surface area contributed by atoms with E-state index in [4.69, 9.17) is 0 Å². The van der Waals surface area contributed by atoms with Crippen molar-refractivity contribution in [3.05, 3.63) is 71.6 Å². The van der Waals surface area contributed by atoms with E-state index >= 15 is 0 Å². The molecule has 4 nitrogen and oxygen atoms in total. The zero-order valence-corrected chi connectivity index (χ0v) is 15.8. The third kappa shape index (κ3) is 4.03. The van der Waals surface area contributed by atoms with Gasteiger partial charge in [-0.3, -0.25) is 4.72 Å². The SMILES string of the molecule is CCc1ccc(S(=O)(=O)Nc2ccc(N(C)c3ccccc3)cc2)s1. The van der Waals surface area contributed by atoms with E-state index in [0.29, 0.717) is 9.90 Å². The Morgan fingerprint density at radius 1 is 0.920 bits per heavy atom. The first-order valence-electron chi connectivity index (χ1n) is 8.00. The molecule has 0 amide bonds. The average Bonchev–Trinajstić information content (AvgIpc) is 3.12. The molecule has 130 valence electrons. The minimum atomic E-state index is -3.53. The molecular weight excluding hydrogens is 352 g/mol. The van der Waals surface area contributed by atoms with Crippen LogP contribution >= 0.6 is 11.3 Å². The van der Waals surface area contributed by atoms with Gasteiger partial charge in [-0.15, -0.1) is 11.3 Å². The van der Waals surface area contributed by atoms with Crippen LogP contribution in [0.3, 0.4) is 0 Å². The second kappa shape index (κ2) is 7.29. The van der Waals surface area contributed by atoms with Crippen LogP contribution in [0.25, 0.3) is 0 Å². The first-order chi connectivity index (χ1) is 12.0. The fraction of sp³-hybridized carbons (Fsp3) is 0.158. The second-order valence-corrected chi connectivity index (χ2v) is 8.70. The van der Waals surface area contributed by atoms with Crippen LogP contribution in [-0.2, 0) is 16.4 Å². The maximum atomic E-state index is 12.5. The van der Waals surface area contributed by atoms with E-state index in [1.165, 1.54) is 11.3 Å². The van der Waals surface area contributed by atoms with Crippen LogP contribution in [-0.4, -0.2) is 15.5 Å². The number of nitrogens with zero attached hydrogens (tertiary/aromatic N) is 1. The van der Waals surface area contributed by atoms with Gasteiger partial charge in [-0.2, -0.15) is 0 Å². The monoisotopic (exact) mass is 372 g/mol. The summed E-state index contributed by atoms with van der Waals surface area (Å²) in [5.74, 6) is 0. The molecule has 2 aromatic carbocycles. The number of benzene rings is 2. The van der Waals surface area contributed by atoms with E-state index in [-0.39, 0.29) is 0 Å². The molecule has 0 fully saturated rings. The van der Waals surface area contributed by atoms with Gasteiger partial charge >= 0.3 is 0 Å². The predicted octanol–water partition coefficient (Wildman–Crippen LogP) is 4.88. The van der Waals surface area contributed by atoms with Crippen molar-refractivity contribution in [1.29, 1.82) is 0 Å². The largest absolute Gasteiger partial charge is 0.345 e. The summed E-state index contributed by atoms with van der Waals surface area (Å²) in [6.07, 6.45) is 0.834. The van der Waals surface area contributed by atoms with Gasteiger partial charge in [0, 0.05) is 29.0 Å². The number of aryl methyl sites for hydroxylation is 1. The number of nitrogens with one attached hydrogen (secondary N) is 1. The molecule has 0 saturated heterocycles. The van der Waals surface area contributed by atoms with Gasteiger partial charge in [0.1, 0.15) is 4.21 Å². The van der Waals surface area contributed by atoms with E-state index in [0.717, 1.165) is 22.7 Å². The Morgan fingerprint density at radius 3 is 2.16 bits per heavy atom. The molecule has 0 unspecified atom stereocenters. The molecule has 0 saturated carbocycles. The van der Waals surface area contributed by atoms with Crippen molar-refractivity contribution in [2.24, 2.45) is 0 Å². The van der Waals surface area contributed by atoms with Crippen molar-refractivity contribution < 1.29 is 8.42 Å². The molecule has 0 bridgehead atoms. The van der Waals surface area contributed by atoms with E-state index in [9.17, 15) is 8.42 Å². The van der Waals surface area contributed by atoms with E-state index in [1.807, 2.05) is 67.4 Å². The molecule has 0 aliphatic heterocycles. The van der Waals surface area contributed by atoms with Crippen LogP contribution < -0.4 is 9.62 Å². The highest BCUT2D eigenvalue weighted by atomic mass is 32.2. The van der Waals surface area contributed by atoms with Crippen LogP contribution in [0.15, 0.2) is 70.9 Å². The molecule has 0 spiro atoms. The van der Waals surface area contributed by atoms with Crippen molar-refractivity contribution in [3.8, 4) is 0 Å². The fourth-order valence-corrected chi connectivity index (χ4v) is 4.81. The number of sulfonamides is 1. The quantitative estimate of drug-likeness (QED) is 0.671. The van der Waals surface area contributed by atoms with Crippen LogP contribution in [0.2, 0.25) is 0 Å². The molecule has 0 radical (unpaired) electrons. The summed E-state index contributed by atoms with van der Waals surface area (Å²) in [7, 11) is -1.55. The minimum Gasteiger partial charge on any atom is -0.345 e. The first-order valence-corrected chi connectivity index (χ1v) is 10.3. The molecule has 0 atom stereocenters. The lowest BCUT2D eigenvalue weighted by atomic mass is 10.2. The predicted molar refractivity (Wildman–Crippen MR) is 105 cm³/mol. The Kier molecular flexibility index (Phi) is 5.11. The Bertz CT molecular complexity index is 933. The maximum absolute atomic E-state index is 12.5. The van der Waals surface area contributed by atoms with Crippen LogP contribution in [0, 0.1) is 0 Å². The highest BCUT2D eigenvalue weighted by Gasteiger charge is 2.16. The second-order valence-electron chi connectivity index (χ2n) is 5.62. The van der Waals surface area contributed by atoms with E-state index < -0.39 is 10.0 Å². The smallest absolute Gasteiger partial charge is 0.271 e. The summed E-state index contributed by atoms with van der Waals surface area (Å²) in [4.78, 5) is 3.10. The van der Waals surface area contributed by atoms with Gasteiger partial charge in [-0.1, -0.05) is 25.1 Å². The highest BCUT2D eigenvalue weighted by molar-refractivity contribution is 7.94.